The van der Waals surface area contributed by atoms with E-state index in [2.05, 4.69) is 62.7 Å². The number of nitrogens with one attached hydrogen (secondary N) is 1. The van der Waals surface area contributed by atoms with Crippen LogP contribution in [0.2, 0.25) is 0 Å². The first-order valence-corrected chi connectivity index (χ1v) is 16.0. The van der Waals surface area contributed by atoms with Crippen LogP contribution in [-0.2, 0) is 9.53 Å². The summed E-state index contributed by atoms with van der Waals surface area (Å²) in [6, 6.07) is 0. The minimum atomic E-state index is 0.717. The van der Waals surface area contributed by atoms with E-state index < -0.39 is 0 Å². The summed E-state index contributed by atoms with van der Waals surface area (Å²) in [6.07, 6.45) is 30.5. The zero-order valence-electron chi connectivity index (χ0n) is 25.7. The van der Waals surface area contributed by atoms with Gasteiger partial charge in [-0.3, -0.25) is 0 Å². The summed E-state index contributed by atoms with van der Waals surface area (Å²) >= 11 is 1.83. The maximum atomic E-state index is 8.00. The Morgan fingerprint density at radius 3 is 1.86 bits per heavy atom. The number of allylic oxidation sites excluding steroid dienone is 5. The highest BCUT2D eigenvalue weighted by Gasteiger charge is 1.98. The Labute approximate surface area is 232 Å². The third-order valence-corrected chi connectivity index (χ3v) is 6.16. The monoisotopic (exact) mass is 527 g/mol. The standard InChI is InChI=1S/C23H44O.C6H13NS.C2H6.CH2O/c1-4-6-7-8-9-10-11-12-13-14-15-16-17-18-19-20-21-24-22-23(3)5-2;1-4-6(7-2)5-8-3;2*1-2/h9-10,12-13,23H,4-8,11,14-22H2,1-3H3;4,7H,5H2,1-3H3;1-2H3;1H2/b10-9-,13-12-;6-4-;;. The van der Waals surface area contributed by atoms with E-state index in [1.54, 1.807) is 0 Å². The van der Waals surface area contributed by atoms with Crippen molar-refractivity contribution in [2.45, 2.75) is 125 Å². The zero-order valence-corrected chi connectivity index (χ0v) is 26.5. The van der Waals surface area contributed by atoms with Crippen LogP contribution in [0.1, 0.15) is 125 Å². The largest absolute Gasteiger partial charge is 0.391 e. The lowest BCUT2D eigenvalue weighted by atomic mass is 10.1. The molecule has 0 aromatic rings. The van der Waals surface area contributed by atoms with Crippen LogP contribution in [0.4, 0.5) is 0 Å². The summed E-state index contributed by atoms with van der Waals surface area (Å²) in [5, 5.41) is 3.09. The van der Waals surface area contributed by atoms with Crippen molar-refractivity contribution in [3.8, 4) is 0 Å². The Bertz CT molecular complexity index is 449. The van der Waals surface area contributed by atoms with Gasteiger partial charge in [-0.05, 0) is 57.6 Å². The van der Waals surface area contributed by atoms with Crippen LogP contribution in [0, 0.1) is 5.92 Å². The minimum absolute atomic E-state index is 0.717. The molecule has 0 saturated heterocycles. The molecule has 0 fully saturated rings. The summed E-state index contributed by atoms with van der Waals surface area (Å²) in [7, 11) is 1.95. The number of rotatable bonds is 21. The maximum Gasteiger partial charge on any atom is 0.106 e. The van der Waals surface area contributed by atoms with Gasteiger partial charge >= 0.3 is 0 Å². The molecule has 0 aliphatic carbocycles. The van der Waals surface area contributed by atoms with Gasteiger partial charge in [-0.1, -0.05) is 110 Å². The van der Waals surface area contributed by atoms with E-state index in [4.69, 9.17) is 9.53 Å². The number of ether oxygens (including phenoxy) is 1. The molecule has 216 valence electrons. The summed E-state index contributed by atoms with van der Waals surface area (Å²) in [5.41, 5.74) is 1.30. The first-order valence-electron chi connectivity index (χ1n) is 14.6. The fourth-order valence-electron chi connectivity index (χ4n) is 3.05. The Kier molecular flexibility index (Phi) is 51.5. The quantitative estimate of drug-likeness (QED) is 0.119. The lowest BCUT2D eigenvalue weighted by molar-refractivity contribution is -0.0980. The first-order chi connectivity index (χ1) is 17.7. The van der Waals surface area contributed by atoms with Gasteiger partial charge in [0.05, 0.1) is 0 Å². The van der Waals surface area contributed by atoms with Crippen LogP contribution in [0.5, 0.6) is 0 Å². The molecule has 3 nitrogen and oxygen atoms in total. The first kappa shape index (κ1) is 42.1. The average Bonchev–Trinajstić information content (AvgIpc) is 2.93. The molecule has 0 radical (unpaired) electrons. The Morgan fingerprint density at radius 1 is 0.889 bits per heavy atom. The van der Waals surface area contributed by atoms with E-state index in [1.165, 1.54) is 82.7 Å². The summed E-state index contributed by atoms with van der Waals surface area (Å²) < 4.78 is 5.69. The Morgan fingerprint density at radius 2 is 1.42 bits per heavy atom. The van der Waals surface area contributed by atoms with E-state index in [0.29, 0.717) is 0 Å². The van der Waals surface area contributed by atoms with Crippen LogP contribution in [0.3, 0.4) is 0 Å². The van der Waals surface area contributed by atoms with Gasteiger partial charge in [0.2, 0.25) is 0 Å². The molecule has 0 aromatic heterocycles. The maximum absolute atomic E-state index is 8.00. The third kappa shape index (κ3) is 43.1. The highest BCUT2D eigenvalue weighted by Crippen LogP contribution is 2.09. The molecule has 0 saturated carbocycles. The molecule has 0 aromatic carbocycles. The number of unbranched alkanes of at least 4 members (excludes halogenated alkanes) is 9. The van der Waals surface area contributed by atoms with Crippen molar-refractivity contribution >= 4 is 18.6 Å². The van der Waals surface area contributed by atoms with Crippen molar-refractivity contribution < 1.29 is 9.53 Å². The lowest BCUT2D eigenvalue weighted by Crippen LogP contribution is -2.06. The molecule has 36 heavy (non-hydrogen) atoms. The summed E-state index contributed by atoms with van der Waals surface area (Å²) in [4.78, 5) is 8.00. The van der Waals surface area contributed by atoms with Crippen LogP contribution in [0.15, 0.2) is 36.1 Å². The highest BCUT2D eigenvalue weighted by molar-refractivity contribution is 7.98. The molecule has 0 spiro atoms. The van der Waals surface area contributed by atoms with Crippen molar-refractivity contribution in [3.05, 3.63) is 36.1 Å². The van der Waals surface area contributed by atoms with Crippen LogP contribution >= 0.6 is 11.8 Å². The topological polar surface area (TPSA) is 38.3 Å². The Balaban J connectivity index is -0.000000356. The fraction of sp³-hybridized carbons (Fsp3) is 0.781. The molecule has 0 aliphatic heterocycles. The molecule has 1 unspecified atom stereocenters. The van der Waals surface area contributed by atoms with Gasteiger partial charge in [-0.15, -0.1) is 0 Å². The van der Waals surface area contributed by atoms with Gasteiger partial charge in [-0.25, -0.2) is 0 Å². The van der Waals surface area contributed by atoms with Gasteiger partial charge in [0, 0.05) is 31.7 Å². The average molecular weight is 528 g/mol. The molecule has 0 aliphatic rings. The predicted molar refractivity (Wildman–Crippen MR) is 169 cm³/mol. The Hall–Kier alpha value is -1.00. The molecule has 0 rings (SSSR count). The number of hydrogen-bond acceptors (Lipinski definition) is 4. The second kappa shape index (κ2) is 44.0. The van der Waals surface area contributed by atoms with Crippen molar-refractivity contribution in [1.29, 1.82) is 0 Å². The van der Waals surface area contributed by atoms with E-state index in [1.807, 2.05) is 46.4 Å². The minimum Gasteiger partial charge on any atom is -0.391 e. The van der Waals surface area contributed by atoms with Crippen LogP contribution in [0.25, 0.3) is 0 Å². The van der Waals surface area contributed by atoms with Gasteiger partial charge in [0.15, 0.2) is 0 Å². The van der Waals surface area contributed by atoms with Crippen molar-refractivity contribution in [2.24, 2.45) is 5.92 Å². The molecule has 1 N–H and O–H groups in total. The number of hydrogen-bond donors (Lipinski definition) is 1. The number of thioether (sulfide) groups is 1. The molecule has 0 amide bonds. The SMILES string of the molecule is C/C=C(/CSC)NC.C=O.CC.CCCCC/C=C\C/C=C\CCCCCCCCOCC(C)CC. The van der Waals surface area contributed by atoms with Crippen molar-refractivity contribution in [3.63, 3.8) is 0 Å². The van der Waals surface area contributed by atoms with E-state index in [9.17, 15) is 0 Å². The number of carbonyl (C=O) groups excluding carboxylic acids is 1. The predicted octanol–water partition coefficient (Wildman–Crippen LogP) is 10.2. The second-order valence-corrected chi connectivity index (χ2v) is 9.54. The van der Waals surface area contributed by atoms with Gasteiger partial charge in [0.1, 0.15) is 6.79 Å². The summed E-state index contributed by atoms with van der Waals surface area (Å²) in [5.74, 6) is 1.81. The zero-order chi connectivity index (χ0) is 28.1. The van der Waals surface area contributed by atoms with Crippen molar-refractivity contribution in [2.75, 3.05) is 32.3 Å². The second-order valence-electron chi connectivity index (χ2n) is 8.67. The molecule has 0 heterocycles. The smallest absolute Gasteiger partial charge is 0.106 e. The lowest BCUT2D eigenvalue weighted by Gasteiger charge is -2.09. The van der Waals surface area contributed by atoms with E-state index in [-0.39, 0.29) is 0 Å². The molecule has 1 atom stereocenters. The van der Waals surface area contributed by atoms with Crippen molar-refractivity contribution in [1.82, 2.24) is 5.32 Å². The van der Waals surface area contributed by atoms with Gasteiger partial charge in [-0.2, -0.15) is 11.8 Å². The summed E-state index contributed by atoms with van der Waals surface area (Å²) in [6.45, 7) is 16.7. The molecular formula is C32H65NO2S. The molecule has 0 bridgehead atoms. The number of carbonyl (C=O) groups is 1. The van der Waals surface area contributed by atoms with Crippen LogP contribution < -0.4 is 5.32 Å². The molecular weight excluding hydrogens is 462 g/mol. The van der Waals surface area contributed by atoms with Gasteiger partial charge in [0.25, 0.3) is 0 Å². The highest BCUT2D eigenvalue weighted by atomic mass is 32.2. The fourth-order valence-corrected chi connectivity index (χ4v) is 3.67. The van der Waals surface area contributed by atoms with E-state index >= 15 is 0 Å². The van der Waals surface area contributed by atoms with E-state index in [0.717, 1.165) is 31.3 Å². The van der Waals surface area contributed by atoms with Crippen LogP contribution in [-0.4, -0.2) is 39.1 Å². The third-order valence-electron chi connectivity index (χ3n) is 5.56. The van der Waals surface area contributed by atoms with Gasteiger partial charge < -0.3 is 14.8 Å². The molecule has 4 heteroatoms. The normalized spacial score (nSPS) is 11.7.